The van der Waals surface area contributed by atoms with Gasteiger partial charge in [-0.25, -0.2) is 29.0 Å². The third-order valence-corrected chi connectivity index (χ3v) is 7.27. The van der Waals surface area contributed by atoms with E-state index < -0.39 is 36.1 Å². The molecule has 0 spiro atoms. The van der Waals surface area contributed by atoms with Crippen molar-refractivity contribution in [1.82, 2.24) is 14.5 Å². The summed E-state index contributed by atoms with van der Waals surface area (Å²) in [6.45, 7) is 3.28. The van der Waals surface area contributed by atoms with Crippen molar-refractivity contribution in [3.05, 3.63) is 118 Å². The Hall–Kier alpha value is -4.91. The van der Waals surface area contributed by atoms with Crippen LogP contribution in [0.2, 0.25) is 15.1 Å². The van der Waals surface area contributed by atoms with Gasteiger partial charge in [-0.2, -0.15) is 0 Å². The van der Waals surface area contributed by atoms with Gasteiger partial charge in [0.2, 0.25) is 12.2 Å². The number of cyclic esters (lactones) is 2. The zero-order valence-electron chi connectivity index (χ0n) is 25.3. The maximum absolute atomic E-state index is 12.3. The molecule has 4 aromatic rings. The Morgan fingerprint density at radius 1 is 0.833 bits per heavy atom. The Morgan fingerprint density at radius 3 is 1.81 bits per heavy atom. The summed E-state index contributed by atoms with van der Waals surface area (Å²) in [6, 6.07) is 18.8. The summed E-state index contributed by atoms with van der Waals surface area (Å²) in [4.78, 5) is 65.6. The first-order valence-electron chi connectivity index (χ1n) is 14.4. The van der Waals surface area contributed by atoms with Gasteiger partial charge in [0.1, 0.15) is 12.9 Å². The smallest absolute Gasteiger partial charge is 0.359 e. The predicted octanol–water partition coefficient (Wildman–Crippen LogP) is 6.12. The highest BCUT2D eigenvalue weighted by Crippen LogP contribution is 2.35. The number of aromatic nitrogens is 2. The van der Waals surface area contributed by atoms with Gasteiger partial charge in [-0.3, -0.25) is 4.57 Å². The third-order valence-electron chi connectivity index (χ3n) is 6.49. The van der Waals surface area contributed by atoms with Gasteiger partial charge in [-0.1, -0.05) is 78.1 Å². The fraction of sp³-hybridized carbons (Fsp3) is 0.212. The molecule has 0 unspecified atom stereocenters. The maximum Gasteiger partial charge on any atom is 0.359 e. The Balaban J connectivity index is 0.000000218. The average molecular weight is 717 g/mol. The number of carbonyl (C=O) groups excluding carboxylic acids is 5. The van der Waals surface area contributed by atoms with Gasteiger partial charge in [0.05, 0.1) is 27.7 Å². The molecule has 1 aromatic heterocycles. The number of rotatable bonds is 10. The molecule has 1 fully saturated rings. The van der Waals surface area contributed by atoms with E-state index in [0.717, 1.165) is 6.42 Å². The molecular weight excluding hydrogens is 689 g/mol. The number of ether oxygens (including phenoxy) is 4. The van der Waals surface area contributed by atoms with E-state index in [0.29, 0.717) is 33.9 Å². The lowest BCUT2D eigenvalue weighted by molar-refractivity contribution is -0.155. The van der Waals surface area contributed by atoms with E-state index in [1.54, 1.807) is 65.8 Å². The summed E-state index contributed by atoms with van der Waals surface area (Å²) in [5.41, 5.74) is 0.366. The van der Waals surface area contributed by atoms with Crippen LogP contribution in [-0.2, 0) is 23.8 Å². The van der Waals surface area contributed by atoms with Crippen LogP contribution in [0.25, 0.3) is 0 Å². The van der Waals surface area contributed by atoms with Crippen LogP contribution in [0, 0.1) is 0 Å². The predicted molar refractivity (Wildman–Crippen MR) is 174 cm³/mol. The molecule has 0 radical (unpaired) electrons. The van der Waals surface area contributed by atoms with Crippen molar-refractivity contribution in [2.45, 2.75) is 25.6 Å². The average Bonchev–Trinajstić information content (AvgIpc) is 3.71. The van der Waals surface area contributed by atoms with Crippen molar-refractivity contribution in [3.63, 3.8) is 0 Å². The second kappa shape index (κ2) is 17.3. The lowest BCUT2D eigenvalue weighted by Gasteiger charge is -2.22. The van der Waals surface area contributed by atoms with Crippen LogP contribution in [0.3, 0.4) is 0 Å². The number of halogens is 3. The zero-order chi connectivity index (χ0) is 34.6. The molecule has 1 amide bonds. The van der Waals surface area contributed by atoms with Crippen molar-refractivity contribution < 1.29 is 42.9 Å². The molecule has 1 aliphatic rings. The molecule has 2 atom stereocenters. The molecule has 2 heterocycles. The SMILES string of the molecule is CCCN(CCOc1c(Cl)cc(Cl)cc1Cl)C(=O)n1ccnc1.O=C(O[C@H]1C(=O)OC(=O)[C@@H]1OC(=O)c1ccccc1)c1ccccc1. The molecule has 0 saturated carbocycles. The Labute approximate surface area is 290 Å². The molecule has 0 N–H and O–H groups in total. The van der Waals surface area contributed by atoms with Crippen LogP contribution >= 0.6 is 34.8 Å². The van der Waals surface area contributed by atoms with Crippen molar-refractivity contribution in [2.75, 3.05) is 19.7 Å². The van der Waals surface area contributed by atoms with E-state index in [-0.39, 0.29) is 23.8 Å². The summed E-state index contributed by atoms with van der Waals surface area (Å²) in [7, 11) is 0. The van der Waals surface area contributed by atoms with Gasteiger partial charge in [0, 0.05) is 24.0 Å². The van der Waals surface area contributed by atoms with Gasteiger partial charge < -0.3 is 23.8 Å². The van der Waals surface area contributed by atoms with Crippen LogP contribution in [0.5, 0.6) is 5.75 Å². The minimum absolute atomic E-state index is 0.152. The number of amides is 1. The summed E-state index contributed by atoms with van der Waals surface area (Å²) >= 11 is 18.0. The quantitative estimate of drug-likeness (QED) is 0.107. The zero-order valence-corrected chi connectivity index (χ0v) is 27.6. The molecule has 48 heavy (non-hydrogen) atoms. The molecule has 5 rings (SSSR count). The number of imidazole rings is 1. The minimum atomic E-state index is -1.65. The largest absolute Gasteiger partial charge is 0.489 e. The number of nitrogens with zero attached hydrogens (tertiary/aromatic N) is 3. The topological polar surface area (TPSA) is 143 Å². The minimum Gasteiger partial charge on any atom is -0.489 e. The number of hydrogen-bond acceptors (Lipinski definition) is 10. The third kappa shape index (κ3) is 9.57. The van der Waals surface area contributed by atoms with Crippen molar-refractivity contribution in [3.8, 4) is 5.75 Å². The molecule has 0 aliphatic carbocycles. The van der Waals surface area contributed by atoms with Gasteiger partial charge >= 0.3 is 29.9 Å². The van der Waals surface area contributed by atoms with Gasteiger partial charge in [-0.05, 0) is 42.8 Å². The van der Waals surface area contributed by atoms with E-state index >= 15 is 0 Å². The van der Waals surface area contributed by atoms with E-state index in [9.17, 15) is 24.0 Å². The highest BCUT2D eigenvalue weighted by Gasteiger charge is 2.50. The summed E-state index contributed by atoms with van der Waals surface area (Å²) in [6.07, 6.45) is 2.19. The van der Waals surface area contributed by atoms with Crippen molar-refractivity contribution in [2.24, 2.45) is 0 Å². The first-order chi connectivity index (χ1) is 23.1. The summed E-state index contributed by atoms with van der Waals surface area (Å²) in [5, 5.41) is 1.12. The molecule has 12 nitrogen and oxygen atoms in total. The maximum atomic E-state index is 12.3. The number of carbonyl (C=O) groups is 5. The van der Waals surface area contributed by atoms with Gasteiger partial charge in [-0.15, -0.1) is 0 Å². The summed E-state index contributed by atoms with van der Waals surface area (Å²) < 4.78 is 21.5. The van der Waals surface area contributed by atoms with Gasteiger partial charge in [0.25, 0.3) is 0 Å². The monoisotopic (exact) mass is 715 g/mol. The van der Waals surface area contributed by atoms with Crippen LogP contribution in [0.15, 0.2) is 91.5 Å². The van der Waals surface area contributed by atoms with Crippen LogP contribution in [0.4, 0.5) is 4.79 Å². The fourth-order valence-corrected chi connectivity index (χ4v) is 5.16. The number of hydrogen-bond donors (Lipinski definition) is 0. The molecule has 1 aliphatic heterocycles. The van der Waals surface area contributed by atoms with E-state index in [2.05, 4.69) is 9.72 Å². The summed E-state index contributed by atoms with van der Waals surface area (Å²) in [5.74, 6) is -3.47. The molecule has 1 saturated heterocycles. The molecule has 0 bridgehead atoms. The normalized spacial score (nSPS) is 15.1. The van der Waals surface area contributed by atoms with Crippen LogP contribution in [-0.4, -0.2) is 76.3 Å². The van der Waals surface area contributed by atoms with E-state index in [1.165, 1.54) is 35.2 Å². The van der Waals surface area contributed by atoms with Crippen LogP contribution < -0.4 is 4.74 Å². The number of esters is 4. The lowest BCUT2D eigenvalue weighted by atomic mass is 10.2. The number of benzene rings is 3. The van der Waals surface area contributed by atoms with Crippen molar-refractivity contribution >= 4 is 64.7 Å². The standard InChI is InChI=1S/C18H12O7.C15H16Cl3N3O2/c19-15(11-7-3-1-4-8-11)23-13-14(18(22)25-17(13)21)24-16(20)12-9-5-2-6-10-12;1-2-4-20(15(22)21-5-3-19-10-21)6-7-23-14-12(17)8-11(16)9-13(14)18/h1-10,13-14H;3,5,8-10H,2,4,6-7H2,1H3/t13-,14-;/m1./s1. The Kier molecular flexibility index (Phi) is 13.0. The lowest BCUT2D eigenvalue weighted by Crippen LogP contribution is -2.37. The first-order valence-corrected chi connectivity index (χ1v) is 15.5. The highest BCUT2D eigenvalue weighted by atomic mass is 35.5. The van der Waals surface area contributed by atoms with Gasteiger partial charge in [0.15, 0.2) is 5.75 Å². The second-order valence-corrected chi connectivity index (χ2v) is 11.2. The first kappa shape index (κ1) is 35.9. The molecule has 250 valence electrons. The highest BCUT2D eigenvalue weighted by molar-refractivity contribution is 6.40. The molecule has 3 aromatic carbocycles. The molecule has 15 heteroatoms. The molecular formula is C33H28Cl3N3O9. The Bertz CT molecular complexity index is 1650. The second-order valence-electron chi connectivity index (χ2n) is 9.91. The van der Waals surface area contributed by atoms with E-state index in [1.807, 2.05) is 6.92 Å². The fourth-order valence-electron chi connectivity index (χ4n) is 4.23. The Morgan fingerprint density at radius 2 is 1.35 bits per heavy atom. The van der Waals surface area contributed by atoms with E-state index in [4.69, 9.17) is 49.0 Å². The van der Waals surface area contributed by atoms with Crippen LogP contribution in [0.1, 0.15) is 34.1 Å². The van der Waals surface area contributed by atoms with Crippen molar-refractivity contribution in [1.29, 1.82) is 0 Å².